The highest BCUT2D eigenvalue weighted by molar-refractivity contribution is 7.97. The molecule has 3 aromatic rings. The zero-order chi connectivity index (χ0) is 29.9. The third-order valence-corrected chi connectivity index (χ3v) is 15.6. The van der Waals surface area contributed by atoms with Crippen molar-refractivity contribution in [1.29, 1.82) is 0 Å². The molecule has 1 fully saturated rings. The van der Waals surface area contributed by atoms with Crippen molar-refractivity contribution in [2.75, 3.05) is 6.16 Å². The summed E-state index contributed by atoms with van der Waals surface area (Å²) in [7, 11) is -7.75. The van der Waals surface area contributed by atoms with Gasteiger partial charge >= 0.3 is 13.8 Å². The van der Waals surface area contributed by atoms with Gasteiger partial charge in [-0.3, -0.25) is 4.57 Å². The first-order chi connectivity index (χ1) is 19.3. The monoisotopic (exact) mass is 607 g/mol. The van der Waals surface area contributed by atoms with Gasteiger partial charge in [-0.2, -0.15) is 13.2 Å². The maximum absolute atomic E-state index is 15.8. The highest BCUT2D eigenvalue weighted by Crippen LogP contribution is 2.77. The number of hydrogen-bond acceptors (Lipinski definition) is 4. The van der Waals surface area contributed by atoms with Gasteiger partial charge in [-0.05, 0) is 89.8 Å². The van der Waals surface area contributed by atoms with Crippen LogP contribution in [-0.4, -0.2) is 40.4 Å². The van der Waals surface area contributed by atoms with E-state index in [0.29, 0.717) is 12.8 Å². The van der Waals surface area contributed by atoms with E-state index in [1.807, 2.05) is 91.0 Å². The molecular weight excluding hydrogens is 567 g/mol. The predicted octanol–water partition coefficient (Wildman–Crippen LogP) is 7.63. The summed E-state index contributed by atoms with van der Waals surface area (Å²) in [6.45, 7) is 6.40. The zero-order valence-corrected chi connectivity index (χ0v) is 25.8. The summed E-state index contributed by atoms with van der Waals surface area (Å²) in [5.41, 5.74) is -3.40. The van der Waals surface area contributed by atoms with Gasteiger partial charge in [-0.1, -0.05) is 54.6 Å². The number of rotatable bonds is 11. The predicted molar refractivity (Wildman–Crippen MR) is 162 cm³/mol. The van der Waals surface area contributed by atoms with E-state index in [1.165, 1.54) is 0 Å². The maximum Gasteiger partial charge on any atom is 0.422 e. The average molecular weight is 608 g/mol. The first kappa shape index (κ1) is 31.9. The normalized spacial score (nSPS) is 17.6. The SMILES string of the molecule is CC(C)OP(=O)(CC(O)(C(F)(F)F)C1([P+](c2ccccc2)(c2ccccc2)c2ccccc2)CCCC1)OC(C)C. The van der Waals surface area contributed by atoms with Gasteiger partial charge in [0.05, 0.1) is 18.4 Å². The molecule has 9 heteroatoms. The van der Waals surface area contributed by atoms with Crippen LogP contribution in [0.15, 0.2) is 91.0 Å². The van der Waals surface area contributed by atoms with Crippen LogP contribution in [0.5, 0.6) is 0 Å². The lowest BCUT2D eigenvalue weighted by molar-refractivity contribution is -0.264. The van der Waals surface area contributed by atoms with Gasteiger partial charge in [0.15, 0.2) is 0 Å². The zero-order valence-electron chi connectivity index (χ0n) is 24.1. The summed E-state index contributed by atoms with van der Waals surface area (Å²) in [6, 6.07) is 27.8. The Morgan fingerprint density at radius 2 is 1.10 bits per heavy atom. The minimum absolute atomic E-state index is 0.0961. The summed E-state index contributed by atoms with van der Waals surface area (Å²) < 4.78 is 73.0. The number of alkyl halides is 3. The van der Waals surface area contributed by atoms with Crippen molar-refractivity contribution < 1.29 is 31.9 Å². The van der Waals surface area contributed by atoms with E-state index in [4.69, 9.17) is 9.05 Å². The molecule has 0 heterocycles. The highest BCUT2D eigenvalue weighted by Gasteiger charge is 2.80. The quantitative estimate of drug-likeness (QED) is 0.228. The second-order valence-corrected chi connectivity index (χ2v) is 17.1. The Labute approximate surface area is 242 Å². The van der Waals surface area contributed by atoms with Crippen LogP contribution < -0.4 is 15.9 Å². The Hall–Kier alpha value is -2.01. The van der Waals surface area contributed by atoms with Crippen LogP contribution in [0.1, 0.15) is 53.4 Å². The van der Waals surface area contributed by atoms with Crippen LogP contribution in [0.4, 0.5) is 13.2 Å². The third-order valence-electron chi connectivity index (χ3n) is 7.91. The molecule has 0 aliphatic heterocycles. The molecule has 222 valence electrons. The Balaban J connectivity index is 2.16. The lowest BCUT2D eigenvalue weighted by atomic mass is 9.85. The van der Waals surface area contributed by atoms with Crippen molar-refractivity contribution in [2.24, 2.45) is 0 Å². The minimum Gasteiger partial charge on any atom is -0.377 e. The standard InChI is InChI=1S/C32H40F3O4P2/c1-25(2)38-40(37,39-26(3)4)24-31(36,32(33,34)35)30(22-14-15-23-30)41(27-16-8-5-9-17-27,28-18-10-6-11-19-28)29-20-12-7-13-21-29/h5-13,16-21,25-26,36H,14-15,22-24H2,1-4H3/q+1. The summed E-state index contributed by atoms with van der Waals surface area (Å²) in [5, 5.41) is 13.0. The molecule has 0 bridgehead atoms. The molecule has 0 radical (unpaired) electrons. The van der Waals surface area contributed by atoms with Crippen molar-refractivity contribution >= 4 is 30.8 Å². The van der Waals surface area contributed by atoms with Crippen molar-refractivity contribution in [2.45, 2.75) is 82.5 Å². The van der Waals surface area contributed by atoms with Crippen LogP contribution in [0.25, 0.3) is 0 Å². The molecule has 0 aromatic heterocycles. The molecule has 3 aromatic carbocycles. The van der Waals surface area contributed by atoms with Crippen LogP contribution in [0, 0.1) is 0 Å². The third kappa shape index (κ3) is 5.82. The van der Waals surface area contributed by atoms with Gasteiger partial charge in [0, 0.05) is 0 Å². The molecule has 1 unspecified atom stereocenters. The van der Waals surface area contributed by atoms with E-state index in [9.17, 15) is 9.67 Å². The van der Waals surface area contributed by atoms with E-state index in [1.54, 1.807) is 27.7 Å². The fourth-order valence-corrected chi connectivity index (χ4v) is 15.3. The second-order valence-electron chi connectivity index (χ2n) is 11.4. The van der Waals surface area contributed by atoms with Crippen molar-refractivity contribution in [3.63, 3.8) is 0 Å². The lowest BCUT2D eigenvalue weighted by Gasteiger charge is -2.52. The van der Waals surface area contributed by atoms with Crippen LogP contribution in [0.3, 0.4) is 0 Å². The fourth-order valence-electron chi connectivity index (χ4n) is 6.65. The number of halogens is 3. The van der Waals surface area contributed by atoms with Gasteiger partial charge in [-0.15, -0.1) is 0 Å². The Morgan fingerprint density at radius 3 is 1.39 bits per heavy atom. The highest BCUT2D eigenvalue weighted by atomic mass is 31.2. The molecule has 1 saturated carbocycles. The summed E-state index contributed by atoms with van der Waals surface area (Å²) in [5.74, 6) is 0. The number of hydrogen-bond donors (Lipinski definition) is 1. The van der Waals surface area contributed by atoms with Gasteiger partial charge in [0.2, 0.25) is 5.60 Å². The fraction of sp³-hybridized carbons (Fsp3) is 0.438. The lowest BCUT2D eigenvalue weighted by Crippen LogP contribution is -2.68. The smallest absolute Gasteiger partial charge is 0.377 e. The first-order valence-corrected chi connectivity index (χ1v) is 17.6. The van der Waals surface area contributed by atoms with Crippen molar-refractivity contribution in [1.82, 2.24) is 0 Å². The van der Waals surface area contributed by atoms with E-state index in [2.05, 4.69) is 0 Å². The van der Waals surface area contributed by atoms with Crippen molar-refractivity contribution in [3.8, 4) is 0 Å². The Kier molecular flexibility index (Phi) is 9.58. The molecule has 41 heavy (non-hydrogen) atoms. The molecule has 1 aliphatic carbocycles. The summed E-state index contributed by atoms with van der Waals surface area (Å²) in [4.78, 5) is 0. The maximum atomic E-state index is 15.8. The molecule has 1 aliphatic rings. The minimum atomic E-state index is -5.14. The van der Waals surface area contributed by atoms with E-state index in [-0.39, 0.29) is 12.8 Å². The molecule has 0 saturated heterocycles. The molecule has 0 amide bonds. The average Bonchev–Trinajstić information content (AvgIpc) is 3.41. The van der Waals surface area contributed by atoms with E-state index >= 15 is 13.2 Å². The number of aliphatic hydroxyl groups is 1. The topological polar surface area (TPSA) is 55.8 Å². The largest absolute Gasteiger partial charge is 0.422 e. The number of benzene rings is 3. The van der Waals surface area contributed by atoms with Gasteiger partial charge in [0.1, 0.15) is 28.3 Å². The first-order valence-electron chi connectivity index (χ1n) is 14.1. The van der Waals surface area contributed by atoms with Gasteiger partial charge in [0.25, 0.3) is 0 Å². The van der Waals surface area contributed by atoms with Gasteiger partial charge in [-0.25, -0.2) is 0 Å². The van der Waals surface area contributed by atoms with E-state index in [0.717, 1.165) is 15.9 Å². The van der Waals surface area contributed by atoms with E-state index < -0.39 is 50.2 Å². The molecule has 0 spiro atoms. The van der Waals surface area contributed by atoms with Crippen LogP contribution in [-0.2, 0) is 13.6 Å². The Bertz CT molecular complexity index is 1200. The summed E-state index contributed by atoms with van der Waals surface area (Å²) in [6.07, 6.45) is -6.50. The molecule has 4 nitrogen and oxygen atoms in total. The van der Waals surface area contributed by atoms with Gasteiger partial charge < -0.3 is 14.2 Å². The Morgan fingerprint density at radius 1 is 0.756 bits per heavy atom. The molecule has 4 rings (SSSR count). The molecule has 1 atom stereocenters. The van der Waals surface area contributed by atoms with Crippen LogP contribution in [0.2, 0.25) is 0 Å². The second kappa shape index (κ2) is 12.3. The molecular formula is C32H40F3O4P2+. The molecule has 1 N–H and O–H groups in total. The van der Waals surface area contributed by atoms with Crippen molar-refractivity contribution in [3.05, 3.63) is 91.0 Å². The van der Waals surface area contributed by atoms with Crippen LogP contribution >= 0.6 is 14.9 Å². The summed E-state index contributed by atoms with van der Waals surface area (Å²) >= 11 is 0.